The van der Waals surface area contributed by atoms with Crippen LogP contribution in [0.5, 0.6) is 0 Å². The quantitative estimate of drug-likeness (QED) is 0.508. The van der Waals surface area contributed by atoms with Crippen LogP contribution in [0.2, 0.25) is 0 Å². The van der Waals surface area contributed by atoms with Crippen molar-refractivity contribution in [2.24, 2.45) is 0 Å². The van der Waals surface area contributed by atoms with Crippen molar-refractivity contribution in [3.63, 3.8) is 0 Å². The second-order valence-electron chi connectivity index (χ2n) is 6.56. The molecular formula is C20H19F2N7. The number of pyridine rings is 3. The Morgan fingerprint density at radius 3 is 2.66 bits per heavy atom. The standard InChI is InChI=1S/C20H19F2N7/c1-12-17(13-3-14-7-26-20(23-2)5-18(14)25-6-13)4-15(8-24-12)28-16-9-27-29(10-16)11-19(21)22/h3-10,19,28H,11H2,1-2H3,(H,23,26). The molecule has 2 N–H and O–H groups in total. The van der Waals surface area contributed by atoms with Crippen molar-refractivity contribution >= 4 is 28.1 Å². The van der Waals surface area contributed by atoms with Crippen LogP contribution >= 0.6 is 0 Å². The van der Waals surface area contributed by atoms with Crippen LogP contribution in [0.15, 0.2) is 49.2 Å². The van der Waals surface area contributed by atoms with E-state index in [1.165, 1.54) is 17.1 Å². The first-order chi connectivity index (χ1) is 14.0. The minimum atomic E-state index is -2.45. The van der Waals surface area contributed by atoms with Crippen LogP contribution in [-0.4, -0.2) is 38.2 Å². The molecule has 0 unspecified atom stereocenters. The lowest BCUT2D eigenvalue weighted by Gasteiger charge is -2.10. The summed E-state index contributed by atoms with van der Waals surface area (Å²) in [6.07, 6.45) is 5.86. The average molecular weight is 395 g/mol. The molecule has 0 aliphatic heterocycles. The molecule has 9 heteroatoms. The topological polar surface area (TPSA) is 80.5 Å². The number of hydrogen-bond donors (Lipinski definition) is 2. The highest BCUT2D eigenvalue weighted by Crippen LogP contribution is 2.28. The Labute approximate surface area is 165 Å². The molecule has 0 aliphatic rings. The third kappa shape index (κ3) is 4.13. The van der Waals surface area contributed by atoms with Crippen molar-refractivity contribution in [1.29, 1.82) is 0 Å². The van der Waals surface area contributed by atoms with Crippen LogP contribution in [-0.2, 0) is 6.54 Å². The Bertz CT molecular complexity index is 1160. The number of rotatable bonds is 6. The van der Waals surface area contributed by atoms with Gasteiger partial charge in [0, 0.05) is 53.9 Å². The molecule has 4 aromatic heterocycles. The minimum Gasteiger partial charge on any atom is -0.373 e. The first-order valence-electron chi connectivity index (χ1n) is 9.00. The van der Waals surface area contributed by atoms with Crippen molar-refractivity contribution in [1.82, 2.24) is 24.7 Å². The zero-order chi connectivity index (χ0) is 20.4. The largest absolute Gasteiger partial charge is 0.373 e. The smallest absolute Gasteiger partial charge is 0.257 e. The van der Waals surface area contributed by atoms with Crippen molar-refractivity contribution in [3.05, 3.63) is 54.9 Å². The Balaban J connectivity index is 1.63. The Morgan fingerprint density at radius 1 is 1.00 bits per heavy atom. The van der Waals surface area contributed by atoms with E-state index in [-0.39, 0.29) is 0 Å². The third-order valence-electron chi connectivity index (χ3n) is 4.47. The van der Waals surface area contributed by atoms with Gasteiger partial charge in [-0.15, -0.1) is 0 Å². The molecule has 0 bridgehead atoms. The maximum absolute atomic E-state index is 12.5. The SMILES string of the molecule is CNc1cc2ncc(-c3cc(Nc4cnn(CC(F)F)c4)cnc3C)cc2cn1. The summed E-state index contributed by atoms with van der Waals surface area (Å²) in [7, 11) is 1.81. The van der Waals surface area contributed by atoms with Crippen molar-refractivity contribution in [2.45, 2.75) is 19.9 Å². The van der Waals surface area contributed by atoms with E-state index in [0.29, 0.717) is 5.69 Å². The molecule has 29 heavy (non-hydrogen) atoms. The highest BCUT2D eigenvalue weighted by Gasteiger charge is 2.10. The molecule has 7 nitrogen and oxygen atoms in total. The van der Waals surface area contributed by atoms with Gasteiger partial charge in [0.2, 0.25) is 0 Å². The lowest BCUT2D eigenvalue weighted by Crippen LogP contribution is -2.06. The number of hydrogen-bond acceptors (Lipinski definition) is 6. The predicted molar refractivity (Wildman–Crippen MR) is 109 cm³/mol. The van der Waals surface area contributed by atoms with E-state index < -0.39 is 13.0 Å². The molecule has 0 amide bonds. The normalized spacial score (nSPS) is 11.2. The third-order valence-corrected chi connectivity index (χ3v) is 4.47. The molecule has 0 spiro atoms. The number of nitrogens with zero attached hydrogens (tertiary/aromatic N) is 5. The number of aromatic nitrogens is 5. The van der Waals surface area contributed by atoms with Gasteiger partial charge in [0.05, 0.1) is 29.3 Å². The van der Waals surface area contributed by atoms with Gasteiger partial charge in [-0.3, -0.25) is 14.6 Å². The lowest BCUT2D eigenvalue weighted by atomic mass is 10.0. The van der Waals surface area contributed by atoms with Crippen molar-refractivity contribution < 1.29 is 8.78 Å². The monoisotopic (exact) mass is 395 g/mol. The van der Waals surface area contributed by atoms with Crippen LogP contribution < -0.4 is 10.6 Å². The second-order valence-corrected chi connectivity index (χ2v) is 6.56. The maximum atomic E-state index is 12.5. The molecule has 4 aromatic rings. The van der Waals surface area contributed by atoms with E-state index in [1.54, 1.807) is 18.6 Å². The lowest BCUT2D eigenvalue weighted by molar-refractivity contribution is 0.122. The van der Waals surface area contributed by atoms with Gasteiger partial charge >= 0.3 is 0 Å². The van der Waals surface area contributed by atoms with Gasteiger partial charge < -0.3 is 10.6 Å². The van der Waals surface area contributed by atoms with Crippen LogP contribution in [0.4, 0.5) is 26.0 Å². The highest BCUT2D eigenvalue weighted by molar-refractivity contribution is 5.85. The van der Waals surface area contributed by atoms with Gasteiger partial charge in [0.15, 0.2) is 0 Å². The number of anilines is 3. The first kappa shape index (κ1) is 18.7. The Hall–Kier alpha value is -3.62. The fraction of sp³-hybridized carbons (Fsp3) is 0.200. The first-order valence-corrected chi connectivity index (χ1v) is 9.00. The summed E-state index contributed by atoms with van der Waals surface area (Å²) < 4.78 is 26.2. The number of halogens is 2. The number of fused-ring (bicyclic) bond motifs is 1. The van der Waals surface area contributed by atoms with Gasteiger partial charge in [-0.25, -0.2) is 13.8 Å². The molecule has 0 saturated carbocycles. The summed E-state index contributed by atoms with van der Waals surface area (Å²) in [5.41, 5.74) is 4.87. The summed E-state index contributed by atoms with van der Waals surface area (Å²) in [6, 6.07) is 5.85. The van der Waals surface area contributed by atoms with Crippen LogP contribution in [0.3, 0.4) is 0 Å². The molecule has 0 aliphatic carbocycles. The van der Waals surface area contributed by atoms with E-state index in [2.05, 4.69) is 30.7 Å². The number of alkyl halides is 2. The Kier molecular flexibility index (Phi) is 5.03. The fourth-order valence-electron chi connectivity index (χ4n) is 3.04. The molecule has 0 fully saturated rings. The molecule has 0 atom stereocenters. The number of aryl methyl sites for hydroxylation is 1. The number of nitrogens with one attached hydrogen (secondary N) is 2. The van der Waals surface area contributed by atoms with Gasteiger partial charge in [-0.2, -0.15) is 5.10 Å². The summed E-state index contributed by atoms with van der Waals surface area (Å²) in [4.78, 5) is 13.3. The van der Waals surface area contributed by atoms with Gasteiger partial charge in [0.25, 0.3) is 6.43 Å². The molecule has 4 rings (SSSR count). The molecule has 0 aromatic carbocycles. The van der Waals surface area contributed by atoms with E-state index in [4.69, 9.17) is 0 Å². The Morgan fingerprint density at radius 2 is 1.86 bits per heavy atom. The van der Waals surface area contributed by atoms with Crippen molar-refractivity contribution in [2.75, 3.05) is 17.7 Å². The van der Waals surface area contributed by atoms with E-state index >= 15 is 0 Å². The molecular weight excluding hydrogens is 376 g/mol. The van der Waals surface area contributed by atoms with Crippen LogP contribution in [0.25, 0.3) is 22.0 Å². The summed E-state index contributed by atoms with van der Waals surface area (Å²) in [6.45, 7) is 1.48. The van der Waals surface area contributed by atoms with Gasteiger partial charge in [-0.1, -0.05) is 0 Å². The van der Waals surface area contributed by atoms with Crippen molar-refractivity contribution in [3.8, 4) is 11.1 Å². The summed E-state index contributed by atoms with van der Waals surface area (Å²) in [5.74, 6) is 0.759. The molecule has 0 radical (unpaired) electrons. The van der Waals surface area contributed by atoms with Gasteiger partial charge in [-0.05, 0) is 19.1 Å². The maximum Gasteiger partial charge on any atom is 0.257 e. The predicted octanol–water partition coefficient (Wildman–Crippen LogP) is 4.25. The highest BCUT2D eigenvalue weighted by atomic mass is 19.3. The van der Waals surface area contributed by atoms with Crippen LogP contribution in [0, 0.1) is 6.92 Å². The molecule has 0 saturated heterocycles. The van der Waals surface area contributed by atoms with Gasteiger partial charge in [0.1, 0.15) is 12.4 Å². The second kappa shape index (κ2) is 7.78. The zero-order valence-electron chi connectivity index (χ0n) is 15.9. The van der Waals surface area contributed by atoms with Crippen LogP contribution in [0.1, 0.15) is 5.69 Å². The van der Waals surface area contributed by atoms with E-state index in [9.17, 15) is 8.78 Å². The minimum absolute atomic E-state index is 0.439. The molecule has 4 heterocycles. The average Bonchev–Trinajstić information content (AvgIpc) is 3.14. The van der Waals surface area contributed by atoms with E-state index in [0.717, 1.165) is 39.2 Å². The fourth-order valence-corrected chi connectivity index (χ4v) is 3.04. The van der Waals surface area contributed by atoms with E-state index in [1.807, 2.05) is 32.2 Å². The molecule has 148 valence electrons. The zero-order valence-corrected chi connectivity index (χ0v) is 15.9. The summed E-state index contributed by atoms with van der Waals surface area (Å²) in [5, 5.41) is 11.0. The summed E-state index contributed by atoms with van der Waals surface area (Å²) >= 11 is 0.